The Morgan fingerprint density at radius 1 is 1.32 bits per heavy atom. The highest BCUT2D eigenvalue weighted by Gasteiger charge is 2.32. The highest BCUT2D eigenvalue weighted by molar-refractivity contribution is 5.40. The van der Waals surface area contributed by atoms with Crippen LogP contribution in [0.1, 0.15) is 36.9 Å². The normalized spacial score (nSPS) is 27.7. The van der Waals surface area contributed by atoms with Gasteiger partial charge in [0.2, 0.25) is 0 Å². The minimum absolute atomic E-state index is 0.282. The fourth-order valence-electron chi connectivity index (χ4n) is 3.24. The molecular weight excluding hydrogens is 238 g/mol. The number of hydrogen-bond donors (Lipinski definition) is 1. The summed E-state index contributed by atoms with van der Waals surface area (Å²) >= 11 is 0. The molecule has 0 radical (unpaired) electrons. The lowest BCUT2D eigenvalue weighted by Crippen LogP contribution is -2.32. The van der Waals surface area contributed by atoms with Gasteiger partial charge in [0, 0.05) is 6.61 Å². The summed E-state index contributed by atoms with van der Waals surface area (Å²) in [5.74, 6) is 1.68. The molecule has 104 valence electrons. The number of fused-ring (bicyclic) bond motifs is 1. The summed E-state index contributed by atoms with van der Waals surface area (Å²) in [5, 5.41) is 3.43. The molecule has 1 aromatic rings. The molecular formula is C16H23NO2. The molecule has 0 amide bonds. The fourth-order valence-corrected chi connectivity index (χ4v) is 3.24. The molecule has 3 rings (SSSR count). The third-order valence-corrected chi connectivity index (χ3v) is 4.38. The molecule has 2 aliphatic rings. The fraction of sp³-hybridized carbons (Fsp3) is 0.625. The predicted octanol–water partition coefficient (Wildman–Crippen LogP) is 2.70. The maximum absolute atomic E-state index is 5.92. The van der Waals surface area contributed by atoms with Gasteiger partial charge in [0.05, 0.1) is 18.8 Å². The zero-order valence-corrected chi connectivity index (χ0v) is 11.8. The molecule has 3 unspecified atom stereocenters. The molecule has 19 heavy (non-hydrogen) atoms. The molecule has 0 bridgehead atoms. The molecule has 1 aromatic carbocycles. The zero-order chi connectivity index (χ0) is 13.2. The SMILES string of the molecule is CNC(c1ccc2c(c1)CCCO2)C1OCCC1C. The molecule has 0 aliphatic carbocycles. The standard InChI is InChI=1S/C16H23NO2/c1-11-7-9-19-16(11)15(17-2)13-5-6-14-12(10-13)4-3-8-18-14/h5-6,10-11,15-17H,3-4,7-9H2,1-2H3. The van der Waals surface area contributed by atoms with E-state index in [4.69, 9.17) is 9.47 Å². The first-order valence-corrected chi connectivity index (χ1v) is 7.34. The highest BCUT2D eigenvalue weighted by Crippen LogP contribution is 2.34. The van der Waals surface area contributed by atoms with Crippen molar-refractivity contribution < 1.29 is 9.47 Å². The number of benzene rings is 1. The van der Waals surface area contributed by atoms with Crippen LogP contribution in [0.4, 0.5) is 0 Å². The highest BCUT2D eigenvalue weighted by atomic mass is 16.5. The minimum atomic E-state index is 0.282. The largest absolute Gasteiger partial charge is 0.493 e. The third-order valence-electron chi connectivity index (χ3n) is 4.38. The van der Waals surface area contributed by atoms with E-state index in [-0.39, 0.29) is 12.1 Å². The Hall–Kier alpha value is -1.06. The summed E-state index contributed by atoms with van der Waals surface area (Å²) in [6.07, 6.45) is 3.70. The number of likely N-dealkylation sites (N-methyl/N-ethyl adjacent to an activating group) is 1. The predicted molar refractivity (Wildman–Crippen MR) is 75.6 cm³/mol. The van der Waals surface area contributed by atoms with Crippen LogP contribution in [0, 0.1) is 5.92 Å². The monoisotopic (exact) mass is 261 g/mol. The van der Waals surface area contributed by atoms with E-state index in [0.717, 1.165) is 38.2 Å². The van der Waals surface area contributed by atoms with Crippen LogP contribution >= 0.6 is 0 Å². The van der Waals surface area contributed by atoms with Gasteiger partial charge < -0.3 is 14.8 Å². The number of nitrogens with one attached hydrogen (secondary N) is 1. The average Bonchev–Trinajstić information content (AvgIpc) is 2.86. The molecule has 1 N–H and O–H groups in total. The Morgan fingerprint density at radius 3 is 2.95 bits per heavy atom. The molecule has 3 nitrogen and oxygen atoms in total. The van der Waals surface area contributed by atoms with Crippen molar-refractivity contribution in [1.82, 2.24) is 5.32 Å². The molecule has 0 aromatic heterocycles. The van der Waals surface area contributed by atoms with Crippen LogP contribution in [-0.2, 0) is 11.2 Å². The van der Waals surface area contributed by atoms with Gasteiger partial charge in [0.25, 0.3) is 0 Å². The van der Waals surface area contributed by atoms with E-state index in [1.54, 1.807) is 0 Å². The van der Waals surface area contributed by atoms with E-state index in [0.29, 0.717) is 5.92 Å². The second kappa shape index (κ2) is 5.51. The summed E-state index contributed by atoms with van der Waals surface area (Å²) in [6.45, 7) is 4.02. The van der Waals surface area contributed by atoms with Crippen molar-refractivity contribution in [3.8, 4) is 5.75 Å². The van der Waals surface area contributed by atoms with Crippen LogP contribution in [0.5, 0.6) is 5.75 Å². The van der Waals surface area contributed by atoms with E-state index in [1.165, 1.54) is 11.1 Å². The first-order valence-electron chi connectivity index (χ1n) is 7.34. The zero-order valence-electron chi connectivity index (χ0n) is 11.8. The number of aryl methyl sites for hydroxylation is 1. The molecule has 0 saturated carbocycles. The lowest BCUT2D eigenvalue weighted by molar-refractivity contribution is 0.0630. The minimum Gasteiger partial charge on any atom is -0.493 e. The second-order valence-electron chi connectivity index (χ2n) is 5.69. The summed E-state index contributed by atoms with van der Waals surface area (Å²) < 4.78 is 11.6. The third kappa shape index (κ3) is 2.49. The van der Waals surface area contributed by atoms with Crippen LogP contribution in [0.15, 0.2) is 18.2 Å². The van der Waals surface area contributed by atoms with Crippen molar-refractivity contribution in [3.63, 3.8) is 0 Å². The van der Waals surface area contributed by atoms with Gasteiger partial charge in [-0.2, -0.15) is 0 Å². The summed E-state index contributed by atoms with van der Waals surface area (Å²) in [5.41, 5.74) is 2.67. The van der Waals surface area contributed by atoms with Crippen LogP contribution in [0.2, 0.25) is 0 Å². The molecule has 1 saturated heterocycles. The van der Waals surface area contributed by atoms with Gasteiger partial charge in [-0.3, -0.25) is 0 Å². The van der Waals surface area contributed by atoms with Gasteiger partial charge in [-0.15, -0.1) is 0 Å². The number of hydrogen-bond acceptors (Lipinski definition) is 3. The summed E-state index contributed by atoms with van der Waals surface area (Å²) in [4.78, 5) is 0. The molecule has 2 heterocycles. The lowest BCUT2D eigenvalue weighted by atomic mass is 9.91. The van der Waals surface area contributed by atoms with Crippen molar-refractivity contribution in [2.24, 2.45) is 5.92 Å². The summed E-state index contributed by atoms with van der Waals surface area (Å²) in [6, 6.07) is 6.88. The number of rotatable bonds is 3. The maximum Gasteiger partial charge on any atom is 0.122 e. The molecule has 3 heteroatoms. The Bertz CT molecular complexity index is 446. The van der Waals surface area contributed by atoms with E-state index >= 15 is 0 Å². The van der Waals surface area contributed by atoms with Gasteiger partial charge in [-0.05, 0) is 49.4 Å². The quantitative estimate of drug-likeness (QED) is 0.907. The van der Waals surface area contributed by atoms with Crippen molar-refractivity contribution in [2.45, 2.75) is 38.3 Å². The van der Waals surface area contributed by atoms with Crippen molar-refractivity contribution in [2.75, 3.05) is 20.3 Å². The average molecular weight is 261 g/mol. The van der Waals surface area contributed by atoms with Crippen LogP contribution < -0.4 is 10.1 Å². The Labute approximate surface area is 115 Å². The van der Waals surface area contributed by atoms with E-state index in [1.807, 2.05) is 7.05 Å². The lowest BCUT2D eigenvalue weighted by Gasteiger charge is -2.27. The topological polar surface area (TPSA) is 30.5 Å². The van der Waals surface area contributed by atoms with Crippen molar-refractivity contribution in [1.29, 1.82) is 0 Å². The van der Waals surface area contributed by atoms with E-state index < -0.39 is 0 Å². The number of ether oxygens (including phenoxy) is 2. The Balaban J connectivity index is 1.86. The van der Waals surface area contributed by atoms with Gasteiger partial charge in [-0.25, -0.2) is 0 Å². The Morgan fingerprint density at radius 2 is 2.21 bits per heavy atom. The maximum atomic E-state index is 5.92. The first kappa shape index (κ1) is 12.9. The van der Waals surface area contributed by atoms with Crippen molar-refractivity contribution in [3.05, 3.63) is 29.3 Å². The molecule has 3 atom stereocenters. The van der Waals surface area contributed by atoms with Gasteiger partial charge in [0.15, 0.2) is 0 Å². The second-order valence-corrected chi connectivity index (χ2v) is 5.69. The van der Waals surface area contributed by atoms with Crippen LogP contribution in [0.3, 0.4) is 0 Å². The molecule has 1 fully saturated rings. The van der Waals surface area contributed by atoms with Crippen LogP contribution in [0.25, 0.3) is 0 Å². The van der Waals surface area contributed by atoms with E-state index in [2.05, 4.69) is 30.4 Å². The van der Waals surface area contributed by atoms with Crippen molar-refractivity contribution >= 4 is 0 Å². The first-order chi connectivity index (χ1) is 9.29. The molecule has 2 aliphatic heterocycles. The van der Waals surface area contributed by atoms with E-state index in [9.17, 15) is 0 Å². The van der Waals surface area contributed by atoms with Gasteiger partial charge in [-0.1, -0.05) is 19.1 Å². The van der Waals surface area contributed by atoms with Gasteiger partial charge in [0.1, 0.15) is 5.75 Å². The van der Waals surface area contributed by atoms with Crippen LogP contribution in [-0.4, -0.2) is 26.4 Å². The Kier molecular flexibility index (Phi) is 3.76. The smallest absolute Gasteiger partial charge is 0.122 e. The summed E-state index contributed by atoms with van der Waals surface area (Å²) in [7, 11) is 2.02. The molecule has 0 spiro atoms. The van der Waals surface area contributed by atoms with Gasteiger partial charge >= 0.3 is 0 Å².